The highest BCUT2D eigenvalue weighted by molar-refractivity contribution is 14.1. The summed E-state index contributed by atoms with van der Waals surface area (Å²) in [6.07, 6.45) is 0.293. The molecule has 0 amide bonds. The second kappa shape index (κ2) is 7.31. The smallest absolute Gasteiger partial charge is 0.105 e. The molecule has 1 saturated heterocycles. The molecule has 1 aromatic carbocycles. The first-order chi connectivity index (χ1) is 8.38. The van der Waals surface area contributed by atoms with Gasteiger partial charge in [-0.2, -0.15) is 0 Å². The zero-order chi connectivity index (χ0) is 11.9. The SMILES string of the molecule is IC[C@@H]1COC[C@H](COCc2ccccc2)O1. The van der Waals surface area contributed by atoms with Gasteiger partial charge in [-0.25, -0.2) is 0 Å². The first-order valence-corrected chi connectivity index (χ1v) is 7.32. The van der Waals surface area contributed by atoms with E-state index in [1.165, 1.54) is 5.56 Å². The molecule has 4 heteroatoms. The molecule has 0 aromatic heterocycles. The summed E-state index contributed by atoms with van der Waals surface area (Å²) in [5.74, 6) is 0. The van der Waals surface area contributed by atoms with Crippen molar-refractivity contribution in [1.82, 2.24) is 0 Å². The van der Waals surface area contributed by atoms with Crippen molar-refractivity contribution in [3.05, 3.63) is 35.9 Å². The monoisotopic (exact) mass is 348 g/mol. The summed E-state index contributed by atoms with van der Waals surface area (Å²) in [4.78, 5) is 0. The Morgan fingerprint density at radius 1 is 1.18 bits per heavy atom. The summed E-state index contributed by atoms with van der Waals surface area (Å²) in [7, 11) is 0. The molecule has 0 radical (unpaired) electrons. The molecule has 0 aliphatic carbocycles. The van der Waals surface area contributed by atoms with E-state index in [0.29, 0.717) is 26.4 Å². The molecule has 1 heterocycles. The average molecular weight is 348 g/mol. The van der Waals surface area contributed by atoms with Crippen molar-refractivity contribution < 1.29 is 14.2 Å². The Kier molecular flexibility index (Phi) is 5.70. The maximum atomic E-state index is 5.82. The van der Waals surface area contributed by atoms with Gasteiger partial charge in [0.25, 0.3) is 0 Å². The first-order valence-electron chi connectivity index (χ1n) is 5.79. The summed E-state index contributed by atoms with van der Waals surface area (Å²) in [5, 5.41) is 0. The summed E-state index contributed by atoms with van der Waals surface area (Å²) < 4.78 is 17.9. The minimum Gasteiger partial charge on any atom is -0.376 e. The average Bonchev–Trinajstić information content (AvgIpc) is 2.40. The highest BCUT2D eigenvalue weighted by Gasteiger charge is 2.22. The van der Waals surface area contributed by atoms with Gasteiger partial charge in [0.05, 0.1) is 32.5 Å². The van der Waals surface area contributed by atoms with E-state index in [1.807, 2.05) is 18.2 Å². The second-order valence-corrected chi connectivity index (χ2v) is 4.95. The molecule has 3 nitrogen and oxygen atoms in total. The number of halogens is 1. The van der Waals surface area contributed by atoms with E-state index in [2.05, 4.69) is 34.7 Å². The zero-order valence-electron chi connectivity index (χ0n) is 9.68. The molecular weight excluding hydrogens is 331 g/mol. The molecule has 0 N–H and O–H groups in total. The van der Waals surface area contributed by atoms with Crippen LogP contribution in [0.15, 0.2) is 30.3 Å². The highest BCUT2D eigenvalue weighted by atomic mass is 127. The van der Waals surface area contributed by atoms with Crippen LogP contribution in [0.2, 0.25) is 0 Å². The van der Waals surface area contributed by atoms with Gasteiger partial charge in [-0.1, -0.05) is 52.9 Å². The van der Waals surface area contributed by atoms with Crippen molar-refractivity contribution in [2.24, 2.45) is 0 Å². The van der Waals surface area contributed by atoms with Crippen molar-refractivity contribution in [2.45, 2.75) is 18.8 Å². The topological polar surface area (TPSA) is 27.7 Å². The highest BCUT2D eigenvalue weighted by Crippen LogP contribution is 2.11. The van der Waals surface area contributed by atoms with E-state index < -0.39 is 0 Å². The number of hydrogen-bond acceptors (Lipinski definition) is 3. The number of hydrogen-bond donors (Lipinski definition) is 0. The van der Waals surface area contributed by atoms with Gasteiger partial charge in [-0.05, 0) is 5.56 Å². The van der Waals surface area contributed by atoms with Crippen LogP contribution in [0, 0.1) is 0 Å². The number of ether oxygens (including phenoxy) is 3. The normalized spacial score (nSPS) is 24.8. The lowest BCUT2D eigenvalue weighted by molar-refractivity contribution is -0.150. The van der Waals surface area contributed by atoms with Crippen LogP contribution in [0.3, 0.4) is 0 Å². The number of benzene rings is 1. The first kappa shape index (κ1) is 13.3. The quantitative estimate of drug-likeness (QED) is 0.604. The molecule has 94 valence electrons. The van der Waals surface area contributed by atoms with Gasteiger partial charge in [0.2, 0.25) is 0 Å². The Hall–Kier alpha value is -0.170. The van der Waals surface area contributed by atoms with Crippen LogP contribution in [-0.4, -0.2) is 36.5 Å². The summed E-state index contributed by atoms with van der Waals surface area (Å²) in [6, 6.07) is 10.2. The molecule has 1 aliphatic rings. The molecule has 1 fully saturated rings. The summed E-state index contributed by atoms with van der Waals surface area (Å²) >= 11 is 2.32. The maximum absolute atomic E-state index is 5.82. The molecule has 0 saturated carbocycles. The van der Waals surface area contributed by atoms with Crippen LogP contribution in [0.25, 0.3) is 0 Å². The van der Waals surface area contributed by atoms with E-state index in [9.17, 15) is 0 Å². The second-order valence-electron chi connectivity index (χ2n) is 4.07. The Bertz CT molecular complexity index is 318. The van der Waals surface area contributed by atoms with E-state index in [0.717, 1.165) is 4.43 Å². The molecule has 1 aliphatic heterocycles. The molecule has 2 rings (SSSR count). The van der Waals surface area contributed by atoms with Crippen LogP contribution in [-0.2, 0) is 20.8 Å². The van der Waals surface area contributed by atoms with Crippen LogP contribution < -0.4 is 0 Å². The minimum atomic E-state index is 0.0761. The number of alkyl halides is 1. The Labute approximate surface area is 116 Å². The molecule has 0 unspecified atom stereocenters. The summed E-state index contributed by atoms with van der Waals surface area (Å²) in [6.45, 7) is 2.58. The van der Waals surface area contributed by atoms with E-state index >= 15 is 0 Å². The fraction of sp³-hybridized carbons (Fsp3) is 0.538. The fourth-order valence-electron chi connectivity index (χ4n) is 1.73. The van der Waals surface area contributed by atoms with Crippen molar-refractivity contribution in [2.75, 3.05) is 24.2 Å². The molecule has 1 aromatic rings. The number of rotatable bonds is 5. The van der Waals surface area contributed by atoms with Gasteiger partial charge in [-0.3, -0.25) is 0 Å². The Balaban J connectivity index is 1.68. The third-order valence-electron chi connectivity index (χ3n) is 2.58. The van der Waals surface area contributed by atoms with Crippen LogP contribution in [0.4, 0.5) is 0 Å². The van der Waals surface area contributed by atoms with Crippen LogP contribution in [0.1, 0.15) is 5.56 Å². The van der Waals surface area contributed by atoms with E-state index in [4.69, 9.17) is 14.2 Å². The third kappa shape index (κ3) is 4.54. The van der Waals surface area contributed by atoms with E-state index in [-0.39, 0.29) is 12.2 Å². The van der Waals surface area contributed by atoms with Crippen molar-refractivity contribution in [3.63, 3.8) is 0 Å². The predicted octanol–water partition coefficient (Wildman–Crippen LogP) is 2.42. The molecule has 17 heavy (non-hydrogen) atoms. The zero-order valence-corrected chi connectivity index (χ0v) is 11.8. The standard InChI is InChI=1S/C13H17IO3/c14-6-12-8-16-10-13(17-12)9-15-7-11-4-2-1-3-5-11/h1-5,12-13H,6-10H2/t12-,13+/m1/s1. The Morgan fingerprint density at radius 3 is 2.71 bits per heavy atom. The van der Waals surface area contributed by atoms with Crippen molar-refractivity contribution >= 4 is 22.6 Å². The van der Waals surface area contributed by atoms with Gasteiger partial charge < -0.3 is 14.2 Å². The predicted molar refractivity (Wildman–Crippen MR) is 74.5 cm³/mol. The third-order valence-corrected chi connectivity index (χ3v) is 3.56. The van der Waals surface area contributed by atoms with Gasteiger partial charge in [0, 0.05) is 4.43 Å². The lowest BCUT2D eigenvalue weighted by Crippen LogP contribution is -2.39. The lowest BCUT2D eigenvalue weighted by Gasteiger charge is -2.29. The Morgan fingerprint density at radius 2 is 1.94 bits per heavy atom. The molecular formula is C13H17IO3. The van der Waals surface area contributed by atoms with Gasteiger partial charge in [0.1, 0.15) is 6.10 Å². The minimum absolute atomic E-state index is 0.0761. The summed E-state index contributed by atoms with van der Waals surface area (Å²) in [5.41, 5.74) is 1.19. The fourth-order valence-corrected chi connectivity index (χ4v) is 2.19. The van der Waals surface area contributed by atoms with Crippen molar-refractivity contribution in [3.8, 4) is 0 Å². The molecule has 0 spiro atoms. The van der Waals surface area contributed by atoms with Crippen molar-refractivity contribution in [1.29, 1.82) is 0 Å². The maximum Gasteiger partial charge on any atom is 0.105 e. The van der Waals surface area contributed by atoms with E-state index in [1.54, 1.807) is 0 Å². The molecule has 0 bridgehead atoms. The van der Waals surface area contributed by atoms with Gasteiger partial charge in [0.15, 0.2) is 0 Å². The van der Waals surface area contributed by atoms with Crippen LogP contribution in [0.5, 0.6) is 0 Å². The lowest BCUT2D eigenvalue weighted by atomic mass is 10.2. The van der Waals surface area contributed by atoms with Gasteiger partial charge >= 0.3 is 0 Å². The van der Waals surface area contributed by atoms with Crippen LogP contribution >= 0.6 is 22.6 Å². The largest absolute Gasteiger partial charge is 0.376 e. The molecule has 2 atom stereocenters. The van der Waals surface area contributed by atoms with Gasteiger partial charge in [-0.15, -0.1) is 0 Å².